The number of anilines is 1. The zero-order valence-corrected chi connectivity index (χ0v) is 73.8. The van der Waals surface area contributed by atoms with Crippen LogP contribution in [0.4, 0.5) is 5.82 Å². The van der Waals surface area contributed by atoms with Crippen molar-refractivity contribution in [2.75, 3.05) is 145 Å². The normalized spacial score (nSPS) is 26.0. The predicted octanol–water partition coefficient (Wildman–Crippen LogP) is -4.61. The fourth-order valence-electron chi connectivity index (χ4n) is 14.0. The van der Waals surface area contributed by atoms with E-state index in [1.54, 1.807) is 6.92 Å². The summed E-state index contributed by atoms with van der Waals surface area (Å²) in [6.45, 7) is 3.20. The maximum Gasteiger partial charge on any atom is 0.472 e. The van der Waals surface area contributed by atoms with E-state index in [0.717, 1.165) is 4.57 Å². The lowest BCUT2D eigenvalue weighted by Gasteiger charge is -2.42. The largest absolute Gasteiger partial charge is 0.472 e. The number of amides is 8. The molecule has 0 radical (unpaired) electrons. The van der Waals surface area contributed by atoms with Crippen molar-refractivity contribution in [3.63, 3.8) is 0 Å². The van der Waals surface area contributed by atoms with Crippen LogP contribution in [0.5, 0.6) is 0 Å². The molecule has 5 heterocycles. The van der Waals surface area contributed by atoms with E-state index in [-0.39, 0.29) is 154 Å². The number of phosphoric ester groups is 1. The van der Waals surface area contributed by atoms with E-state index in [1.807, 2.05) is 0 Å². The van der Waals surface area contributed by atoms with E-state index < -0.39 is 186 Å². The average molecular weight is 1840 g/mol. The number of nitrogens with two attached hydrogens (primary N) is 1. The van der Waals surface area contributed by atoms with Gasteiger partial charge in [-0.25, -0.2) is 9.36 Å². The Morgan fingerprint density at radius 3 is 1.19 bits per heavy atom. The third-order valence-corrected chi connectivity index (χ3v) is 21.9. The van der Waals surface area contributed by atoms with Gasteiger partial charge < -0.3 is 161 Å². The summed E-state index contributed by atoms with van der Waals surface area (Å²) in [7, 11) is -3.22. The van der Waals surface area contributed by atoms with Crippen LogP contribution in [0, 0.1) is 6.92 Å². The van der Waals surface area contributed by atoms with Crippen LogP contribution in [0.15, 0.2) is 11.0 Å². The SMILES string of the molecule is COCCO[C@@H]1[C@H](O)[C@@H](COP(=O)(O)OCCCCCCNC(=O)CCCC(=O)NC(COCCC(=O)NCCCCCCO[C@@H]2O[C@H](CO)[C@H](O)[C@H](O)[C@H]2NC(C)=O)(COCCC(=O)NCCCCCCO[C@@H]2O[C@H](CO)[C@H](O)[C@H](O)[C@H]2NC(C)=O)COCCC(=O)NCCCCCCO[C@@H]2O[C@H](CO)[C@H](O)[C@H](O)[C@H]2NC(C)=O)O[C@H]1n1cc(C)c(N)nc1=O. The summed E-state index contributed by atoms with van der Waals surface area (Å²) in [6.07, 6.45) is -10.4. The monoisotopic (exact) mass is 1830 g/mol. The lowest BCUT2D eigenvalue weighted by Crippen LogP contribution is -2.64. The first-order valence-electron chi connectivity index (χ1n) is 43.3. The third-order valence-electron chi connectivity index (χ3n) is 21.0. The summed E-state index contributed by atoms with van der Waals surface area (Å²) < 4.78 is 93.7. The molecule has 8 amide bonds. The molecule has 21 N–H and O–H groups in total. The molecule has 0 aliphatic carbocycles. The van der Waals surface area contributed by atoms with Gasteiger partial charge in [-0.2, -0.15) is 4.98 Å². The zero-order chi connectivity index (χ0) is 92.6. The number of hydrogen-bond donors (Lipinski definition) is 20. The summed E-state index contributed by atoms with van der Waals surface area (Å²) in [4.78, 5) is 129. The van der Waals surface area contributed by atoms with E-state index >= 15 is 0 Å². The molecule has 4 aliphatic heterocycles. The number of aliphatic hydroxyl groups is 10. The van der Waals surface area contributed by atoms with Gasteiger partial charge in [-0.1, -0.05) is 51.4 Å². The van der Waals surface area contributed by atoms with Gasteiger partial charge in [0.1, 0.15) is 103 Å². The first-order chi connectivity index (χ1) is 60.3. The van der Waals surface area contributed by atoms with Crippen molar-refractivity contribution < 1.29 is 165 Å². The van der Waals surface area contributed by atoms with Crippen molar-refractivity contribution in [3.8, 4) is 0 Å². The first kappa shape index (κ1) is 110. The Balaban J connectivity index is 1.14. The van der Waals surface area contributed by atoms with Crippen LogP contribution in [-0.2, 0) is 109 Å². The fraction of sp³-hybridized carbons (Fsp3) is 0.848. The van der Waals surface area contributed by atoms with Crippen molar-refractivity contribution in [3.05, 3.63) is 22.2 Å². The maximum absolute atomic E-state index is 14.1. The smallest absolute Gasteiger partial charge is 0.394 e. The van der Waals surface area contributed by atoms with Gasteiger partial charge in [0.15, 0.2) is 25.1 Å². The number of carbonyl (C=O) groups is 8. The Bertz CT molecular complexity index is 3250. The van der Waals surface area contributed by atoms with Crippen LogP contribution in [0.25, 0.3) is 0 Å². The molecular weight excluding hydrogens is 1690 g/mol. The summed E-state index contributed by atoms with van der Waals surface area (Å²) in [5, 5.41) is 125. The van der Waals surface area contributed by atoms with E-state index in [1.165, 1.54) is 34.1 Å². The van der Waals surface area contributed by atoms with Crippen molar-refractivity contribution in [1.82, 2.24) is 52.1 Å². The molecule has 4 aliphatic rings. The zero-order valence-electron chi connectivity index (χ0n) is 72.9. The van der Waals surface area contributed by atoms with Gasteiger partial charge in [0.25, 0.3) is 0 Å². The third kappa shape index (κ3) is 40.6. The molecule has 20 atom stereocenters. The summed E-state index contributed by atoms with van der Waals surface area (Å²) in [5.74, 6) is -3.42. The van der Waals surface area contributed by atoms with E-state index in [4.69, 9.17) is 71.6 Å². The lowest BCUT2D eigenvalue weighted by molar-refractivity contribution is -0.270. The number of hydrogen-bond acceptors (Lipinski definition) is 36. The number of aromatic nitrogens is 2. The molecule has 5 rings (SSSR count). The highest BCUT2D eigenvalue weighted by atomic mass is 31.2. The van der Waals surface area contributed by atoms with E-state index in [9.17, 15) is 104 Å². The number of aryl methyl sites for hydroxylation is 1. The highest BCUT2D eigenvalue weighted by Crippen LogP contribution is 2.45. The van der Waals surface area contributed by atoms with Crippen molar-refractivity contribution in [2.45, 2.75) is 291 Å². The Morgan fingerprint density at radius 1 is 0.452 bits per heavy atom. The van der Waals surface area contributed by atoms with E-state index in [0.29, 0.717) is 128 Å². The molecule has 126 heavy (non-hydrogen) atoms. The van der Waals surface area contributed by atoms with Gasteiger partial charge in [-0.15, -0.1) is 0 Å². The molecule has 0 spiro atoms. The molecule has 47 heteroatoms. The topological polar surface area (TPSA) is 663 Å². The molecule has 0 aromatic carbocycles. The van der Waals surface area contributed by atoms with Crippen LogP contribution in [0.3, 0.4) is 0 Å². The molecule has 0 saturated carbocycles. The number of ether oxygens (including phenoxy) is 12. The molecule has 1 unspecified atom stereocenters. The first-order valence-corrected chi connectivity index (χ1v) is 44.8. The highest BCUT2D eigenvalue weighted by molar-refractivity contribution is 7.47. The van der Waals surface area contributed by atoms with Crippen molar-refractivity contribution in [2.24, 2.45) is 0 Å². The van der Waals surface area contributed by atoms with Gasteiger partial charge in [-0.05, 0) is 64.7 Å². The standard InChI is InChI=1S/C79H140N11O35P/c1-49-41-90(78(109)88-73(49)80)74-72(116-40-39-112-5)68(105)56(122-74)45-121-126(110,111)120-35-21-13-9-17-28-81-57(97)23-22-24-61(101)89-79(46-113-36-25-58(98)82-29-14-6-10-18-32-117-75-62(85-50(2)94)69(106)65(102)53(42-91)123-75,47-114-37-26-59(99)83-30-15-7-11-19-33-118-76-63(86-51(3)95)70(107)66(103)54(43-92)124-76)48-115-38-27-60(100)84-31-16-8-12-20-34-119-77-64(87-52(4)96)71(108)67(104)55(44-93)125-77/h41,53-56,62-72,74-77,91-93,102-108H,6-40,42-48H2,1-5H3,(H,81,97)(H,82,98)(H,83,99)(H,84,100)(H,85,94)(H,86,95)(H,87,96)(H,89,101)(H,110,111)(H2,80,88,109)/t53-,54-,55-,56-,62-,63-,64-,65+,66+,67+,68-,69-,70-,71-,72-,74-,75-,76-,77-/m1/s1. The van der Waals surface area contributed by atoms with Crippen molar-refractivity contribution >= 4 is 60.9 Å². The average Bonchev–Trinajstić information content (AvgIpc) is 1.69. The summed E-state index contributed by atoms with van der Waals surface area (Å²) >= 11 is 0. The van der Waals surface area contributed by atoms with Crippen LogP contribution >= 0.6 is 7.82 Å². The van der Waals surface area contributed by atoms with Gasteiger partial charge >= 0.3 is 13.5 Å². The summed E-state index contributed by atoms with van der Waals surface area (Å²) in [6, 6.07) is -3.25. The number of nitrogens with zero attached hydrogens (tertiary/aromatic N) is 2. The van der Waals surface area contributed by atoms with Gasteiger partial charge in [-0.3, -0.25) is 52.0 Å². The number of methoxy groups -OCH3 is 1. The molecule has 1 aromatic rings. The van der Waals surface area contributed by atoms with E-state index in [2.05, 4.69) is 47.5 Å². The Hall–Kier alpha value is -6.33. The number of carbonyl (C=O) groups excluding carboxylic acids is 8. The maximum atomic E-state index is 14.1. The number of nitrogens with one attached hydrogen (secondary N) is 8. The molecular formula is C79H140N11O35P. The molecule has 1 aromatic heterocycles. The second-order valence-corrected chi connectivity index (χ2v) is 33.0. The lowest BCUT2D eigenvalue weighted by atomic mass is 9.97. The molecule has 726 valence electrons. The molecule has 0 bridgehead atoms. The quantitative estimate of drug-likeness (QED) is 0.0216. The molecule has 4 fully saturated rings. The fourth-order valence-corrected chi connectivity index (χ4v) is 14.8. The Morgan fingerprint density at radius 2 is 0.817 bits per heavy atom. The predicted molar refractivity (Wildman–Crippen MR) is 442 cm³/mol. The number of aliphatic hydroxyl groups excluding tert-OH is 10. The minimum absolute atomic E-state index is 0.000858. The van der Waals surface area contributed by atoms with Crippen LogP contribution < -0.4 is 54.0 Å². The molecule has 4 saturated heterocycles. The highest BCUT2D eigenvalue weighted by Gasteiger charge is 2.50. The van der Waals surface area contributed by atoms with Crippen molar-refractivity contribution in [1.29, 1.82) is 0 Å². The van der Waals surface area contributed by atoms with Gasteiger partial charge in [0.05, 0.1) is 85.9 Å². The van der Waals surface area contributed by atoms with Gasteiger partial charge in [0.2, 0.25) is 47.3 Å². The van der Waals surface area contributed by atoms with Crippen LogP contribution in [0.1, 0.15) is 174 Å². The second kappa shape index (κ2) is 60.6. The second-order valence-electron chi connectivity index (χ2n) is 31.5. The Labute approximate surface area is 732 Å². The number of rotatable bonds is 66. The van der Waals surface area contributed by atoms with Crippen LogP contribution in [-0.4, -0.2) is 368 Å². The number of nitrogen functional groups attached to an aromatic ring is 1. The number of unbranched alkanes of at least 4 members (excludes halogenated alkanes) is 12. The number of phosphoric acid groups is 1. The minimum Gasteiger partial charge on any atom is -0.394 e. The molecule has 46 nitrogen and oxygen atoms in total. The Kier molecular flexibility index (Phi) is 53.0. The summed E-state index contributed by atoms with van der Waals surface area (Å²) in [5.41, 5.74) is 3.95. The minimum atomic E-state index is -4.67. The van der Waals surface area contributed by atoms with Crippen LogP contribution in [0.2, 0.25) is 0 Å². The van der Waals surface area contributed by atoms with Gasteiger partial charge in [0, 0.05) is 118 Å².